The molecule has 1 saturated heterocycles. The summed E-state index contributed by atoms with van der Waals surface area (Å²) in [5, 5.41) is 13.0. The molecule has 1 aliphatic heterocycles. The number of phenols is 1. The molecule has 0 atom stereocenters. The van der Waals surface area contributed by atoms with Crippen molar-refractivity contribution in [3.05, 3.63) is 24.3 Å². The van der Waals surface area contributed by atoms with Gasteiger partial charge in [-0.2, -0.15) is 0 Å². The normalized spacial score (nSPS) is 33.0. The second-order valence-corrected chi connectivity index (χ2v) is 9.74. The molecule has 0 unspecified atom stereocenters. The summed E-state index contributed by atoms with van der Waals surface area (Å²) < 4.78 is 0. The maximum Gasteiger partial charge on any atom is 0.242 e. The minimum absolute atomic E-state index is 0.0000110. The van der Waals surface area contributed by atoms with Gasteiger partial charge in [0.2, 0.25) is 11.8 Å². The first-order valence-electron chi connectivity index (χ1n) is 11.1. The SMILES string of the molecule is O=C(CNC(=O)C12CC3CC(CC(C3)C1)C2)N1CCN(c2ccccc2O)CC1. The molecule has 0 aromatic heterocycles. The van der Waals surface area contributed by atoms with Crippen molar-refractivity contribution >= 4 is 17.5 Å². The van der Waals surface area contributed by atoms with Crippen LogP contribution in [0.2, 0.25) is 0 Å². The number of hydrogen-bond acceptors (Lipinski definition) is 4. The van der Waals surface area contributed by atoms with E-state index >= 15 is 0 Å². The van der Waals surface area contributed by atoms with Crippen LogP contribution in [0.15, 0.2) is 24.3 Å². The van der Waals surface area contributed by atoms with Crippen molar-refractivity contribution in [2.45, 2.75) is 38.5 Å². The van der Waals surface area contributed by atoms with Crippen LogP contribution in [0.25, 0.3) is 0 Å². The predicted octanol–water partition coefficient (Wildman–Crippen LogP) is 2.37. The molecule has 4 bridgehead atoms. The highest BCUT2D eigenvalue weighted by Crippen LogP contribution is 2.60. The van der Waals surface area contributed by atoms with E-state index in [1.807, 2.05) is 23.1 Å². The fourth-order valence-corrected chi connectivity index (χ4v) is 6.77. The third kappa shape index (κ3) is 3.47. The van der Waals surface area contributed by atoms with Crippen molar-refractivity contribution in [1.29, 1.82) is 0 Å². The summed E-state index contributed by atoms with van der Waals surface area (Å²) in [6.45, 7) is 2.70. The number of carbonyl (C=O) groups excluding carboxylic acids is 2. The molecule has 0 spiro atoms. The molecule has 4 saturated carbocycles. The first-order valence-corrected chi connectivity index (χ1v) is 11.1. The molecule has 1 aromatic carbocycles. The molecule has 6 heteroatoms. The molecule has 2 N–H and O–H groups in total. The molecule has 29 heavy (non-hydrogen) atoms. The van der Waals surface area contributed by atoms with Crippen molar-refractivity contribution in [1.82, 2.24) is 10.2 Å². The van der Waals surface area contributed by atoms with Gasteiger partial charge >= 0.3 is 0 Å². The number of hydrogen-bond donors (Lipinski definition) is 2. The largest absolute Gasteiger partial charge is 0.506 e. The summed E-state index contributed by atoms with van der Waals surface area (Å²) in [5.41, 5.74) is 0.619. The fourth-order valence-electron chi connectivity index (χ4n) is 6.77. The second-order valence-electron chi connectivity index (χ2n) is 9.74. The standard InChI is InChI=1S/C23H31N3O3/c27-20-4-2-1-3-19(20)25-5-7-26(8-6-25)21(28)15-24-22(29)23-12-16-9-17(13-23)11-18(10-16)14-23/h1-4,16-18,27H,5-15H2,(H,24,29). The van der Waals surface area contributed by atoms with Crippen LogP contribution < -0.4 is 10.2 Å². The number of anilines is 1. The maximum atomic E-state index is 13.0. The van der Waals surface area contributed by atoms with E-state index in [0.29, 0.717) is 26.2 Å². The van der Waals surface area contributed by atoms with Gasteiger partial charge in [-0.1, -0.05) is 12.1 Å². The molecule has 6 nitrogen and oxygen atoms in total. The van der Waals surface area contributed by atoms with Gasteiger partial charge in [0.1, 0.15) is 5.75 Å². The number of nitrogens with one attached hydrogen (secondary N) is 1. The van der Waals surface area contributed by atoms with Crippen LogP contribution >= 0.6 is 0 Å². The average Bonchev–Trinajstić information content (AvgIpc) is 2.71. The Labute approximate surface area is 172 Å². The van der Waals surface area contributed by atoms with Gasteiger partial charge in [-0.15, -0.1) is 0 Å². The smallest absolute Gasteiger partial charge is 0.242 e. The number of rotatable bonds is 4. The van der Waals surface area contributed by atoms with E-state index in [4.69, 9.17) is 0 Å². The number of benzene rings is 1. The molecule has 4 aliphatic carbocycles. The first-order chi connectivity index (χ1) is 14.0. The van der Waals surface area contributed by atoms with Crippen molar-refractivity contribution < 1.29 is 14.7 Å². The van der Waals surface area contributed by atoms with E-state index in [0.717, 1.165) is 42.7 Å². The zero-order valence-corrected chi connectivity index (χ0v) is 17.0. The van der Waals surface area contributed by atoms with Crippen LogP contribution in [0.4, 0.5) is 5.69 Å². The van der Waals surface area contributed by atoms with Crippen molar-refractivity contribution in [2.24, 2.45) is 23.2 Å². The monoisotopic (exact) mass is 397 g/mol. The van der Waals surface area contributed by atoms with E-state index in [1.54, 1.807) is 6.07 Å². The lowest BCUT2D eigenvalue weighted by molar-refractivity contribution is -0.148. The van der Waals surface area contributed by atoms with Gasteiger partial charge in [-0.25, -0.2) is 0 Å². The molecule has 5 aliphatic rings. The van der Waals surface area contributed by atoms with Gasteiger partial charge in [-0.05, 0) is 68.4 Å². The predicted molar refractivity (Wildman–Crippen MR) is 111 cm³/mol. The highest BCUT2D eigenvalue weighted by atomic mass is 16.3. The molecule has 6 rings (SSSR count). The minimum atomic E-state index is -0.196. The summed E-state index contributed by atoms with van der Waals surface area (Å²) >= 11 is 0. The zero-order chi connectivity index (χ0) is 20.0. The van der Waals surface area contributed by atoms with E-state index in [2.05, 4.69) is 10.2 Å². The van der Waals surface area contributed by atoms with Gasteiger partial charge in [0, 0.05) is 31.6 Å². The fraction of sp³-hybridized carbons (Fsp3) is 0.652. The highest BCUT2D eigenvalue weighted by Gasteiger charge is 2.54. The first kappa shape index (κ1) is 18.8. The quantitative estimate of drug-likeness (QED) is 0.818. The number of phenolic OH excluding ortho intramolecular Hbond substituents is 1. The Balaban J connectivity index is 1.13. The third-order valence-corrected chi connectivity index (χ3v) is 7.77. The van der Waals surface area contributed by atoms with E-state index in [9.17, 15) is 14.7 Å². The number of nitrogens with zero attached hydrogens (tertiary/aromatic N) is 2. The lowest BCUT2D eigenvalue weighted by Gasteiger charge is -2.55. The van der Waals surface area contributed by atoms with Gasteiger partial charge < -0.3 is 20.2 Å². The molecule has 0 radical (unpaired) electrons. The summed E-state index contributed by atoms with van der Waals surface area (Å²) in [5.74, 6) is 2.58. The molecule has 5 fully saturated rings. The second kappa shape index (κ2) is 7.22. The highest BCUT2D eigenvalue weighted by molar-refractivity contribution is 5.88. The average molecular weight is 398 g/mol. The lowest BCUT2D eigenvalue weighted by atomic mass is 9.49. The summed E-state index contributed by atoms with van der Waals surface area (Å²) in [6, 6.07) is 7.31. The maximum absolute atomic E-state index is 13.0. The Bertz CT molecular complexity index is 765. The van der Waals surface area contributed by atoms with E-state index in [-0.39, 0.29) is 29.5 Å². The lowest BCUT2D eigenvalue weighted by Crippen LogP contribution is -2.56. The Kier molecular flexibility index (Phi) is 4.67. The Morgan fingerprint density at radius 2 is 1.55 bits per heavy atom. The van der Waals surface area contributed by atoms with Crippen LogP contribution in [0.1, 0.15) is 38.5 Å². The van der Waals surface area contributed by atoms with Gasteiger partial charge in [-0.3, -0.25) is 9.59 Å². The van der Waals surface area contributed by atoms with Crippen molar-refractivity contribution in [3.63, 3.8) is 0 Å². The third-order valence-electron chi connectivity index (χ3n) is 7.77. The molecule has 1 aromatic rings. The zero-order valence-electron chi connectivity index (χ0n) is 17.0. The number of amides is 2. The van der Waals surface area contributed by atoms with E-state index in [1.165, 1.54) is 19.3 Å². The molecule has 1 heterocycles. The number of piperazine rings is 1. The van der Waals surface area contributed by atoms with Gasteiger partial charge in [0.25, 0.3) is 0 Å². The van der Waals surface area contributed by atoms with Crippen molar-refractivity contribution in [3.8, 4) is 5.75 Å². The summed E-state index contributed by atoms with van der Waals surface area (Å²) in [6.07, 6.45) is 7.01. The topological polar surface area (TPSA) is 72.9 Å². The van der Waals surface area contributed by atoms with Crippen LogP contribution in [0.5, 0.6) is 5.75 Å². The van der Waals surface area contributed by atoms with E-state index < -0.39 is 0 Å². The van der Waals surface area contributed by atoms with Crippen LogP contribution in [-0.2, 0) is 9.59 Å². The Morgan fingerprint density at radius 3 is 2.14 bits per heavy atom. The molecule has 2 amide bonds. The molecular formula is C23H31N3O3. The van der Waals surface area contributed by atoms with Gasteiger partial charge in [0.15, 0.2) is 0 Å². The molecule has 156 valence electrons. The van der Waals surface area contributed by atoms with Crippen LogP contribution in [0, 0.1) is 23.2 Å². The number of para-hydroxylation sites is 2. The number of aromatic hydroxyl groups is 1. The van der Waals surface area contributed by atoms with Crippen LogP contribution in [0.3, 0.4) is 0 Å². The Hall–Kier alpha value is -2.24. The molecular weight excluding hydrogens is 366 g/mol. The van der Waals surface area contributed by atoms with Crippen molar-refractivity contribution in [2.75, 3.05) is 37.6 Å². The minimum Gasteiger partial charge on any atom is -0.506 e. The Morgan fingerprint density at radius 1 is 0.966 bits per heavy atom. The van der Waals surface area contributed by atoms with Crippen LogP contribution in [-0.4, -0.2) is 54.5 Å². The summed E-state index contributed by atoms with van der Waals surface area (Å²) in [4.78, 5) is 29.7. The summed E-state index contributed by atoms with van der Waals surface area (Å²) in [7, 11) is 0. The number of carbonyl (C=O) groups is 2. The van der Waals surface area contributed by atoms with Gasteiger partial charge in [0.05, 0.1) is 12.2 Å².